The van der Waals surface area contributed by atoms with Gasteiger partial charge >= 0.3 is 0 Å². The lowest BCUT2D eigenvalue weighted by molar-refractivity contribution is 0.0817. The fourth-order valence-electron chi connectivity index (χ4n) is 2.70. The van der Waals surface area contributed by atoms with Gasteiger partial charge in [-0.2, -0.15) is 0 Å². The summed E-state index contributed by atoms with van der Waals surface area (Å²) in [4.78, 5) is 2.47. The highest BCUT2D eigenvalue weighted by atomic mass is 35.5. The van der Waals surface area contributed by atoms with Crippen LogP contribution in [0.5, 0.6) is 0 Å². The third-order valence-corrected chi connectivity index (χ3v) is 4.10. The summed E-state index contributed by atoms with van der Waals surface area (Å²) in [6.07, 6.45) is 2.23. The van der Waals surface area contributed by atoms with Crippen LogP contribution in [0.15, 0.2) is 24.3 Å². The second-order valence-electron chi connectivity index (χ2n) is 5.00. The molecule has 0 amide bonds. The van der Waals surface area contributed by atoms with Crippen molar-refractivity contribution in [2.24, 2.45) is 5.73 Å². The van der Waals surface area contributed by atoms with E-state index in [1.54, 1.807) is 7.11 Å². The van der Waals surface area contributed by atoms with Crippen molar-refractivity contribution in [2.75, 3.05) is 26.8 Å². The summed E-state index contributed by atoms with van der Waals surface area (Å²) in [5, 5.41) is 0.760. The van der Waals surface area contributed by atoms with E-state index >= 15 is 0 Å². The fraction of sp³-hybridized carbons (Fsp3) is 0.625. The maximum Gasteiger partial charge on any atom is 0.0590 e. The first-order valence-electron chi connectivity index (χ1n) is 7.38. The molecule has 2 N–H and O–H groups in total. The first-order chi connectivity index (χ1) is 9.67. The Labute approximate surface area is 128 Å². The smallest absolute Gasteiger partial charge is 0.0590 e. The molecule has 1 rings (SSSR count). The molecule has 0 aromatic heterocycles. The number of hydrogen-bond acceptors (Lipinski definition) is 3. The first kappa shape index (κ1) is 17.4. The number of rotatable bonds is 9. The zero-order valence-corrected chi connectivity index (χ0v) is 13.6. The maximum atomic E-state index is 6.05. The monoisotopic (exact) mass is 298 g/mol. The first-order valence-corrected chi connectivity index (χ1v) is 7.75. The number of nitrogens with zero attached hydrogens (tertiary/aromatic N) is 1. The molecule has 0 spiro atoms. The van der Waals surface area contributed by atoms with E-state index in [4.69, 9.17) is 22.1 Å². The number of hydrogen-bond donors (Lipinski definition) is 1. The molecule has 1 aromatic rings. The van der Waals surface area contributed by atoms with E-state index in [2.05, 4.69) is 30.9 Å². The average molecular weight is 299 g/mol. The van der Waals surface area contributed by atoms with Crippen molar-refractivity contribution in [3.05, 3.63) is 34.9 Å². The Bertz CT molecular complexity index is 365. The van der Waals surface area contributed by atoms with Crippen LogP contribution in [-0.4, -0.2) is 37.7 Å². The van der Waals surface area contributed by atoms with Gasteiger partial charge in [0.2, 0.25) is 0 Å². The maximum absolute atomic E-state index is 6.05. The molecule has 0 fully saturated rings. The molecule has 20 heavy (non-hydrogen) atoms. The van der Waals surface area contributed by atoms with E-state index in [9.17, 15) is 0 Å². The molecule has 0 saturated carbocycles. The second-order valence-corrected chi connectivity index (χ2v) is 5.44. The number of methoxy groups -OCH3 is 1. The van der Waals surface area contributed by atoms with Gasteiger partial charge in [-0.25, -0.2) is 0 Å². The van der Waals surface area contributed by atoms with Crippen LogP contribution in [0.1, 0.15) is 38.3 Å². The molecule has 0 radical (unpaired) electrons. The minimum Gasteiger partial charge on any atom is -0.383 e. The van der Waals surface area contributed by atoms with Gasteiger partial charge in [-0.05, 0) is 30.5 Å². The Balaban J connectivity index is 2.96. The SMILES string of the molecule is CCC(CC)N(CCOC)C(CN)c1ccc(Cl)cc1. The summed E-state index contributed by atoms with van der Waals surface area (Å²) < 4.78 is 5.26. The summed E-state index contributed by atoms with van der Waals surface area (Å²) in [6.45, 7) is 6.67. The molecule has 0 aliphatic carbocycles. The molecule has 114 valence electrons. The Kier molecular flexibility index (Phi) is 8.15. The third kappa shape index (κ3) is 4.74. The standard InChI is InChI=1S/C16H27ClN2O/c1-4-15(5-2)19(10-11-20-3)16(12-18)13-6-8-14(17)9-7-13/h6-9,15-16H,4-5,10-12,18H2,1-3H3. The molecule has 0 bridgehead atoms. The van der Waals surface area contributed by atoms with Crippen LogP contribution in [0.2, 0.25) is 5.02 Å². The normalized spacial score (nSPS) is 13.2. The second kappa shape index (κ2) is 9.35. The number of ether oxygens (including phenoxy) is 1. The van der Waals surface area contributed by atoms with E-state index in [0.29, 0.717) is 12.6 Å². The third-order valence-electron chi connectivity index (χ3n) is 3.84. The van der Waals surface area contributed by atoms with Crippen LogP contribution in [-0.2, 0) is 4.74 Å². The molecule has 0 aliphatic heterocycles. The van der Waals surface area contributed by atoms with E-state index < -0.39 is 0 Å². The zero-order valence-electron chi connectivity index (χ0n) is 12.8. The van der Waals surface area contributed by atoms with Crippen LogP contribution in [0.4, 0.5) is 0 Å². The number of halogens is 1. The predicted octanol–water partition coefficient (Wildman–Crippen LogP) is 3.48. The van der Waals surface area contributed by atoms with E-state index in [1.165, 1.54) is 5.56 Å². The van der Waals surface area contributed by atoms with Crippen molar-refractivity contribution in [1.82, 2.24) is 4.90 Å². The van der Waals surface area contributed by atoms with E-state index in [0.717, 1.165) is 31.0 Å². The van der Waals surface area contributed by atoms with Crippen LogP contribution in [0.3, 0.4) is 0 Å². The molecule has 1 aromatic carbocycles. The van der Waals surface area contributed by atoms with Crippen LogP contribution in [0.25, 0.3) is 0 Å². The lowest BCUT2D eigenvalue weighted by Crippen LogP contribution is -2.42. The van der Waals surface area contributed by atoms with Crippen LogP contribution >= 0.6 is 11.6 Å². The molecule has 1 unspecified atom stereocenters. The van der Waals surface area contributed by atoms with E-state index in [1.807, 2.05) is 12.1 Å². The molecule has 0 aliphatic rings. The largest absolute Gasteiger partial charge is 0.383 e. The lowest BCUT2D eigenvalue weighted by atomic mass is 10.0. The minimum absolute atomic E-state index is 0.215. The highest BCUT2D eigenvalue weighted by Gasteiger charge is 2.24. The van der Waals surface area contributed by atoms with Crippen molar-refractivity contribution in [1.29, 1.82) is 0 Å². The molecule has 0 heterocycles. The molecule has 4 heteroatoms. The Morgan fingerprint density at radius 2 is 1.80 bits per heavy atom. The quantitative estimate of drug-likeness (QED) is 0.758. The molecule has 3 nitrogen and oxygen atoms in total. The van der Waals surface area contributed by atoms with Gasteiger partial charge in [-0.15, -0.1) is 0 Å². The molecule has 0 saturated heterocycles. The van der Waals surface area contributed by atoms with Gasteiger partial charge in [0.1, 0.15) is 0 Å². The molecule has 1 atom stereocenters. The van der Waals surface area contributed by atoms with Crippen molar-refractivity contribution < 1.29 is 4.74 Å². The van der Waals surface area contributed by atoms with Crippen LogP contribution in [0, 0.1) is 0 Å². The van der Waals surface area contributed by atoms with Crippen molar-refractivity contribution in [3.8, 4) is 0 Å². The summed E-state index contributed by atoms with van der Waals surface area (Å²) in [5.41, 5.74) is 7.27. The van der Waals surface area contributed by atoms with Gasteiger partial charge in [0.15, 0.2) is 0 Å². The summed E-state index contributed by atoms with van der Waals surface area (Å²) >= 11 is 5.97. The van der Waals surface area contributed by atoms with Gasteiger partial charge in [-0.3, -0.25) is 4.90 Å². The minimum atomic E-state index is 0.215. The summed E-state index contributed by atoms with van der Waals surface area (Å²) in [7, 11) is 1.74. The molecular weight excluding hydrogens is 272 g/mol. The van der Waals surface area contributed by atoms with Crippen LogP contribution < -0.4 is 5.73 Å². The Morgan fingerprint density at radius 1 is 1.20 bits per heavy atom. The van der Waals surface area contributed by atoms with Gasteiger partial charge in [0.25, 0.3) is 0 Å². The highest BCUT2D eigenvalue weighted by molar-refractivity contribution is 6.30. The van der Waals surface area contributed by atoms with Crippen molar-refractivity contribution in [2.45, 2.75) is 38.8 Å². The van der Waals surface area contributed by atoms with E-state index in [-0.39, 0.29) is 6.04 Å². The molecular formula is C16H27ClN2O. The summed E-state index contributed by atoms with van der Waals surface area (Å²) in [5.74, 6) is 0. The number of nitrogens with two attached hydrogens (primary N) is 1. The van der Waals surface area contributed by atoms with Gasteiger partial charge < -0.3 is 10.5 Å². The summed E-state index contributed by atoms with van der Waals surface area (Å²) in [6, 6.07) is 8.74. The topological polar surface area (TPSA) is 38.5 Å². The van der Waals surface area contributed by atoms with Gasteiger partial charge in [-0.1, -0.05) is 37.6 Å². The average Bonchev–Trinajstić information content (AvgIpc) is 2.47. The lowest BCUT2D eigenvalue weighted by Gasteiger charge is -2.37. The van der Waals surface area contributed by atoms with Gasteiger partial charge in [0, 0.05) is 37.3 Å². The van der Waals surface area contributed by atoms with Crippen molar-refractivity contribution in [3.63, 3.8) is 0 Å². The Hall–Kier alpha value is -0.610. The Morgan fingerprint density at radius 3 is 2.25 bits per heavy atom. The zero-order chi connectivity index (χ0) is 15.0. The van der Waals surface area contributed by atoms with Gasteiger partial charge in [0.05, 0.1) is 6.61 Å². The highest BCUT2D eigenvalue weighted by Crippen LogP contribution is 2.25. The predicted molar refractivity (Wildman–Crippen MR) is 86.2 cm³/mol. The number of benzene rings is 1. The van der Waals surface area contributed by atoms with Crippen molar-refractivity contribution >= 4 is 11.6 Å². The fourth-order valence-corrected chi connectivity index (χ4v) is 2.82.